The van der Waals surface area contributed by atoms with E-state index in [2.05, 4.69) is 5.32 Å². The minimum absolute atomic E-state index is 0.0597. The molecule has 0 radical (unpaired) electrons. The number of hydrogen-bond acceptors (Lipinski definition) is 4. The summed E-state index contributed by atoms with van der Waals surface area (Å²) in [5, 5.41) is 3.83. The highest BCUT2D eigenvalue weighted by Gasteiger charge is 2.33. The van der Waals surface area contributed by atoms with E-state index in [1.807, 2.05) is 43.3 Å². The molecule has 40 heavy (non-hydrogen) atoms. The maximum atomic E-state index is 14.1. The molecule has 2 amide bonds. The van der Waals surface area contributed by atoms with Crippen LogP contribution < -0.4 is 9.62 Å². The predicted octanol–water partition coefficient (Wildman–Crippen LogP) is 5.62. The number of rotatable bonds is 13. The summed E-state index contributed by atoms with van der Waals surface area (Å²) in [7, 11) is -3.88. The summed E-state index contributed by atoms with van der Waals surface area (Å²) in [6.07, 6.45) is 2.99. The van der Waals surface area contributed by atoms with E-state index in [-0.39, 0.29) is 18.9 Å². The molecule has 0 aliphatic rings. The van der Waals surface area contributed by atoms with Crippen molar-refractivity contribution in [3.8, 4) is 0 Å². The van der Waals surface area contributed by atoms with Gasteiger partial charge in [-0.05, 0) is 54.3 Å². The van der Waals surface area contributed by atoms with Crippen LogP contribution in [0.2, 0.25) is 10.0 Å². The van der Waals surface area contributed by atoms with E-state index in [0.29, 0.717) is 33.4 Å². The Kier molecular flexibility index (Phi) is 11.4. The minimum Gasteiger partial charge on any atom is -0.354 e. The SMILES string of the molecule is CCCCNC(=O)[C@H](Cc1ccccc1)N(Cc1cccc(Cl)c1)C(=O)CN(c1cccc(Cl)c1C)S(C)(=O)=O. The molecule has 0 aliphatic heterocycles. The van der Waals surface area contributed by atoms with Crippen molar-refractivity contribution in [1.29, 1.82) is 0 Å². The van der Waals surface area contributed by atoms with Gasteiger partial charge in [-0.2, -0.15) is 0 Å². The maximum absolute atomic E-state index is 14.1. The zero-order valence-electron chi connectivity index (χ0n) is 22.9. The van der Waals surface area contributed by atoms with Crippen LogP contribution in [0.5, 0.6) is 0 Å². The van der Waals surface area contributed by atoms with E-state index >= 15 is 0 Å². The summed E-state index contributed by atoms with van der Waals surface area (Å²) in [6.45, 7) is 3.75. The molecule has 3 aromatic rings. The van der Waals surface area contributed by atoms with Crippen molar-refractivity contribution in [2.75, 3.05) is 23.7 Å². The number of nitrogens with zero attached hydrogens (tertiary/aromatic N) is 2. The molecule has 7 nitrogen and oxygen atoms in total. The van der Waals surface area contributed by atoms with Crippen LogP contribution in [0.1, 0.15) is 36.5 Å². The van der Waals surface area contributed by atoms with Gasteiger partial charge in [-0.25, -0.2) is 8.42 Å². The van der Waals surface area contributed by atoms with Crippen LogP contribution in [0.3, 0.4) is 0 Å². The molecule has 0 spiro atoms. The molecule has 0 fully saturated rings. The molecule has 0 bridgehead atoms. The lowest BCUT2D eigenvalue weighted by atomic mass is 10.0. The fraction of sp³-hybridized carbons (Fsp3) is 0.333. The van der Waals surface area contributed by atoms with Crippen molar-refractivity contribution >= 4 is 50.7 Å². The van der Waals surface area contributed by atoms with Gasteiger partial charge in [0.1, 0.15) is 12.6 Å². The van der Waals surface area contributed by atoms with Crippen LogP contribution >= 0.6 is 23.2 Å². The summed E-state index contributed by atoms with van der Waals surface area (Å²) in [6, 6.07) is 20.5. The lowest BCUT2D eigenvalue weighted by Gasteiger charge is -2.34. The summed E-state index contributed by atoms with van der Waals surface area (Å²) in [5.74, 6) is -0.839. The van der Waals surface area contributed by atoms with E-state index in [4.69, 9.17) is 23.2 Å². The molecule has 0 heterocycles. The number of halogens is 2. The molecule has 0 aliphatic carbocycles. The van der Waals surface area contributed by atoms with Crippen LogP contribution in [0.25, 0.3) is 0 Å². The molecule has 0 saturated heterocycles. The molecule has 1 N–H and O–H groups in total. The van der Waals surface area contributed by atoms with Crippen LogP contribution in [0.4, 0.5) is 5.69 Å². The van der Waals surface area contributed by atoms with Gasteiger partial charge in [0, 0.05) is 29.6 Å². The Bertz CT molecular complexity index is 1420. The van der Waals surface area contributed by atoms with Crippen LogP contribution in [0, 0.1) is 6.92 Å². The first-order chi connectivity index (χ1) is 19.0. The van der Waals surface area contributed by atoms with Gasteiger partial charge >= 0.3 is 0 Å². The number of nitrogens with one attached hydrogen (secondary N) is 1. The lowest BCUT2D eigenvalue weighted by Crippen LogP contribution is -2.53. The molecule has 214 valence electrons. The van der Waals surface area contributed by atoms with Crippen molar-refractivity contribution in [2.45, 2.75) is 45.7 Å². The molecule has 1 atom stereocenters. The highest BCUT2D eigenvalue weighted by atomic mass is 35.5. The topological polar surface area (TPSA) is 86.8 Å². The normalized spacial score (nSPS) is 12.0. The molecule has 3 aromatic carbocycles. The Morgan fingerprint density at radius 3 is 2.27 bits per heavy atom. The monoisotopic (exact) mass is 603 g/mol. The number of carbonyl (C=O) groups excluding carboxylic acids is 2. The molecule has 0 aromatic heterocycles. The Morgan fingerprint density at radius 1 is 0.950 bits per heavy atom. The smallest absolute Gasteiger partial charge is 0.244 e. The fourth-order valence-corrected chi connectivity index (χ4v) is 5.64. The standard InChI is InChI=1S/C30H35Cl2N3O4S/c1-4-5-17-33-30(37)28(19-23-11-7-6-8-12-23)34(20-24-13-9-14-25(31)18-24)29(36)21-35(40(3,38)39)27-16-10-15-26(32)22(27)2/h6-16,18,28H,4-5,17,19-21H2,1-3H3,(H,33,37)/t28-/m0/s1. The molecular formula is C30H35Cl2N3O4S. The van der Waals surface area contributed by atoms with Gasteiger partial charge in [0.2, 0.25) is 21.8 Å². The van der Waals surface area contributed by atoms with E-state index in [1.54, 1.807) is 43.3 Å². The fourth-order valence-electron chi connectivity index (χ4n) is 4.35. The third kappa shape index (κ3) is 8.71. The summed E-state index contributed by atoms with van der Waals surface area (Å²) >= 11 is 12.5. The highest BCUT2D eigenvalue weighted by molar-refractivity contribution is 7.92. The largest absolute Gasteiger partial charge is 0.354 e. The van der Waals surface area contributed by atoms with Gasteiger partial charge in [0.05, 0.1) is 11.9 Å². The van der Waals surface area contributed by atoms with Gasteiger partial charge in [0.15, 0.2) is 0 Å². The Labute approximate surface area is 247 Å². The van der Waals surface area contributed by atoms with Gasteiger partial charge < -0.3 is 10.2 Å². The van der Waals surface area contributed by atoms with Crippen LogP contribution in [-0.4, -0.2) is 50.5 Å². The van der Waals surface area contributed by atoms with E-state index in [0.717, 1.165) is 29.0 Å². The maximum Gasteiger partial charge on any atom is 0.244 e. The minimum atomic E-state index is -3.88. The number of anilines is 1. The number of hydrogen-bond donors (Lipinski definition) is 1. The molecule has 10 heteroatoms. The van der Waals surface area contributed by atoms with Gasteiger partial charge in [0.25, 0.3) is 0 Å². The van der Waals surface area contributed by atoms with Crippen molar-refractivity contribution in [1.82, 2.24) is 10.2 Å². The van der Waals surface area contributed by atoms with Crippen molar-refractivity contribution < 1.29 is 18.0 Å². The lowest BCUT2D eigenvalue weighted by molar-refractivity contribution is -0.140. The Hall–Kier alpha value is -3.07. The average molecular weight is 605 g/mol. The number of amides is 2. The van der Waals surface area contributed by atoms with Crippen molar-refractivity contribution in [2.24, 2.45) is 0 Å². The zero-order chi connectivity index (χ0) is 29.3. The van der Waals surface area contributed by atoms with E-state index < -0.39 is 28.5 Å². The number of benzene rings is 3. The summed E-state index contributed by atoms with van der Waals surface area (Å²) in [4.78, 5) is 29.1. The predicted molar refractivity (Wildman–Crippen MR) is 162 cm³/mol. The van der Waals surface area contributed by atoms with Gasteiger partial charge in [-0.1, -0.05) is 85.1 Å². The number of carbonyl (C=O) groups is 2. The summed E-state index contributed by atoms with van der Waals surface area (Å²) in [5.41, 5.74) is 2.41. The third-order valence-electron chi connectivity index (χ3n) is 6.53. The number of sulfonamides is 1. The molecule has 3 rings (SSSR count). The molecule has 0 unspecified atom stereocenters. The van der Waals surface area contributed by atoms with Crippen LogP contribution in [0.15, 0.2) is 72.8 Å². The van der Waals surface area contributed by atoms with E-state index in [1.165, 1.54) is 4.90 Å². The third-order valence-corrected chi connectivity index (χ3v) is 8.30. The first-order valence-corrected chi connectivity index (χ1v) is 15.7. The quantitative estimate of drug-likeness (QED) is 0.257. The Balaban J connectivity index is 2.06. The molecule has 0 saturated carbocycles. The second-order valence-corrected chi connectivity index (χ2v) is 12.4. The van der Waals surface area contributed by atoms with E-state index in [9.17, 15) is 18.0 Å². The van der Waals surface area contributed by atoms with Crippen LogP contribution in [-0.2, 0) is 32.6 Å². The van der Waals surface area contributed by atoms with Crippen molar-refractivity contribution in [3.05, 3.63) is 99.5 Å². The van der Waals surface area contributed by atoms with Crippen molar-refractivity contribution in [3.63, 3.8) is 0 Å². The zero-order valence-corrected chi connectivity index (χ0v) is 25.3. The molecular weight excluding hydrogens is 569 g/mol. The summed E-state index contributed by atoms with van der Waals surface area (Å²) < 4.78 is 26.9. The first kappa shape index (κ1) is 31.5. The second-order valence-electron chi connectivity index (χ2n) is 9.66. The second kappa shape index (κ2) is 14.5. The van der Waals surface area contributed by atoms with Gasteiger partial charge in [-0.15, -0.1) is 0 Å². The van der Waals surface area contributed by atoms with Gasteiger partial charge in [-0.3, -0.25) is 13.9 Å². The average Bonchev–Trinajstić information content (AvgIpc) is 2.91. The number of unbranched alkanes of at least 4 members (excludes halogenated alkanes) is 1. The highest BCUT2D eigenvalue weighted by Crippen LogP contribution is 2.28. The Morgan fingerprint density at radius 2 is 1.62 bits per heavy atom. The first-order valence-electron chi connectivity index (χ1n) is 13.1.